The van der Waals surface area contributed by atoms with Gasteiger partial charge in [0, 0.05) is 39.2 Å². The van der Waals surface area contributed by atoms with Crippen LogP contribution in [0.1, 0.15) is 31.7 Å². The summed E-state index contributed by atoms with van der Waals surface area (Å²) in [5.74, 6) is 0.796. The zero-order chi connectivity index (χ0) is 21.5. The number of imide groups is 1. The van der Waals surface area contributed by atoms with Crippen LogP contribution in [0.2, 0.25) is 0 Å². The highest BCUT2D eigenvalue weighted by molar-refractivity contribution is 6.00. The fourth-order valence-electron chi connectivity index (χ4n) is 5.01. The second-order valence-corrected chi connectivity index (χ2v) is 8.98. The third-order valence-corrected chi connectivity index (χ3v) is 6.78. The molecule has 0 aliphatic carbocycles. The predicted molar refractivity (Wildman–Crippen MR) is 115 cm³/mol. The Bertz CT molecular complexity index is 1060. The molecule has 1 atom stereocenters. The van der Waals surface area contributed by atoms with E-state index in [1.807, 2.05) is 18.2 Å². The number of carbonyl (C=O) groups excluding carboxylic acids is 2. The first-order chi connectivity index (χ1) is 15.0. The summed E-state index contributed by atoms with van der Waals surface area (Å²) in [7, 11) is 1.70. The molecule has 4 heterocycles. The Morgan fingerprint density at radius 2 is 1.84 bits per heavy atom. The number of likely N-dealkylation sites (tertiary alicyclic amines) is 1. The van der Waals surface area contributed by atoms with Crippen molar-refractivity contribution in [1.82, 2.24) is 24.7 Å². The van der Waals surface area contributed by atoms with Crippen LogP contribution < -0.4 is 21.1 Å². The van der Waals surface area contributed by atoms with Crippen molar-refractivity contribution in [3.8, 4) is 5.75 Å². The van der Waals surface area contributed by atoms with E-state index in [1.165, 1.54) is 22.0 Å². The number of imidazole rings is 1. The van der Waals surface area contributed by atoms with Gasteiger partial charge in [-0.15, -0.1) is 0 Å². The fraction of sp³-hybridized carbons (Fsp3) is 0.591. The van der Waals surface area contributed by atoms with E-state index in [9.17, 15) is 14.4 Å². The third-order valence-electron chi connectivity index (χ3n) is 6.78. The highest BCUT2D eigenvalue weighted by Gasteiger charge is 2.32. The Kier molecular flexibility index (Phi) is 5.31. The second-order valence-electron chi connectivity index (χ2n) is 8.98. The lowest BCUT2D eigenvalue weighted by atomic mass is 9.96. The molecule has 0 spiro atoms. The van der Waals surface area contributed by atoms with Crippen molar-refractivity contribution in [1.29, 1.82) is 0 Å². The monoisotopic (exact) mass is 427 g/mol. The minimum absolute atomic E-state index is 0.161. The zero-order valence-corrected chi connectivity index (χ0v) is 17.8. The van der Waals surface area contributed by atoms with Crippen molar-refractivity contribution in [2.24, 2.45) is 13.0 Å². The van der Waals surface area contributed by atoms with Gasteiger partial charge in [0.25, 0.3) is 0 Å². The van der Waals surface area contributed by atoms with E-state index < -0.39 is 11.9 Å². The minimum atomic E-state index is -0.671. The maximum Gasteiger partial charge on any atom is 0.329 e. The molecule has 166 valence electrons. The topological polar surface area (TPSA) is 97.6 Å². The molecule has 31 heavy (non-hydrogen) atoms. The number of benzene rings is 1. The van der Waals surface area contributed by atoms with Crippen LogP contribution in [-0.2, 0) is 16.6 Å². The van der Waals surface area contributed by atoms with E-state index in [-0.39, 0.29) is 24.1 Å². The molecule has 1 unspecified atom stereocenters. The van der Waals surface area contributed by atoms with Gasteiger partial charge < -0.3 is 10.1 Å². The Balaban J connectivity index is 1.28. The number of aromatic nitrogens is 2. The van der Waals surface area contributed by atoms with Crippen LogP contribution in [0.3, 0.4) is 0 Å². The average molecular weight is 428 g/mol. The third kappa shape index (κ3) is 3.87. The van der Waals surface area contributed by atoms with Crippen LogP contribution in [0.25, 0.3) is 11.0 Å². The normalized spacial score (nSPS) is 23.7. The number of amides is 2. The summed E-state index contributed by atoms with van der Waals surface area (Å²) in [5, 5.41) is 5.74. The molecule has 1 aromatic heterocycles. The molecular weight excluding hydrogens is 398 g/mol. The number of aryl methyl sites for hydroxylation is 1. The first-order valence-corrected chi connectivity index (χ1v) is 11.1. The van der Waals surface area contributed by atoms with Gasteiger partial charge in [0.2, 0.25) is 11.8 Å². The molecule has 5 rings (SSSR count). The van der Waals surface area contributed by atoms with E-state index in [2.05, 4.69) is 15.5 Å². The van der Waals surface area contributed by atoms with Gasteiger partial charge in [-0.2, -0.15) is 0 Å². The molecule has 9 heteroatoms. The number of nitrogens with one attached hydrogen (secondary N) is 2. The second kappa shape index (κ2) is 8.12. The molecule has 1 aromatic carbocycles. The van der Waals surface area contributed by atoms with Crippen molar-refractivity contribution in [3.63, 3.8) is 0 Å². The van der Waals surface area contributed by atoms with E-state index >= 15 is 0 Å². The van der Waals surface area contributed by atoms with Gasteiger partial charge in [-0.3, -0.25) is 28.9 Å². The number of hydrogen-bond acceptors (Lipinski definition) is 6. The molecular formula is C22H29N5O4. The SMILES string of the molecule is Cn1c(=O)n(C2CCC(=O)NC2=O)c2ccc(OC3CN(CC4CCNCC4)C3)cc21. The number of piperidine rings is 2. The van der Waals surface area contributed by atoms with Crippen LogP contribution in [0.5, 0.6) is 5.75 Å². The lowest BCUT2D eigenvalue weighted by molar-refractivity contribution is -0.135. The molecule has 9 nitrogen and oxygen atoms in total. The molecule has 2 amide bonds. The lowest BCUT2D eigenvalue weighted by Crippen LogP contribution is -2.55. The minimum Gasteiger partial charge on any atom is -0.488 e. The van der Waals surface area contributed by atoms with Gasteiger partial charge in [0.05, 0.1) is 11.0 Å². The first-order valence-electron chi connectivity index (χ1n) is 11.1. The summed E-state index contributed by atoms with van der Waals surface area (Å²) < 4.78 is 9.19. The van der Waals surface area contributed by atoms with Gasteiger partial charge in [-0.05, 0) is 50.4 Å². The lowest BCUT2D eigenvalue weighted by Gasteiger charge is -2.41. The Morgan fingerprint density at radius 1 is 1.06 bits per heavy atom. The zero-order valence-electron chi connectivity index (χ0n) is 17.8. The summed E-state index contributed by atoms with van der Waals surface area (Å²) in [5.41, 5.74) is 1.13. The van der Waals surface area contributed by atoms with Crippen molar-refractivity contribution in [3.05, 3.63) is 28.7 Å². The molecule has 0 bridgehead atoms. The maximum atomic E-state index is 12.9. The van der Waals surface area contributed by atoms with E-state index in [4.69, 9.17) is 4.74 Å². The molecule has 0 radical (unpaired) electrons. The highest BCUT2D eigenvalue weighted by atomic mass is 16.5. The number of fused-ring (bicyclic) bond motifs is 1. The fourth-order valence-corrected chi connectivity index (χ4v) is 5.01. The van der Waals surface area contributed by atoms with E-state index in [1.54, 1.807) is 7.05 Å². The van der Waals surface area contributed by atoms with Crippen molar-refractivity contribution in [2.45, 2.75) is 37.8 Å². The summed E-state index contributed by atoms with van der Waals surface area (Å²) in [4.78, 5) is 39.1. The van der Waals surface area contributed by atoms with Gasteiger partial charge in [-0.25, -0.2) is 4.79 Å². The van der Waals surface area contributed by atoms with Crippen molar-refractivity contribution >= 4 is 22.8 Å². The smallest absolute Gasteiger partial charge is 0.329 e. The van der Waals surface area contributed by atoms with Gasteiger partial charge in [-0.1, -0.05) is 0 Å². The summed E-state index contributed by atoms with van der Waals surface area (Å²) in [6, 6.07) is 4.89. The molecule has 3 fully saturated rings. The number of ether oxygens (including phenoxy) is 1. The number of nitrogens with zero attached hydrogens (tertiary/aromatic N) is 3. The van der Waals surface area contributed by atoms with Crippen LogP contribution in [-0.4, -0.2) is 64.7 Å². The van der Waals surface area contributed by atoms with Gasteiger partial charge >= 0.3 is 5.69 Å². The first kappa shape index (κ1) is 20.3. The molecule has 2 aromatic rings. The molecule has 0 saturated carbocycles. The van der Waals surface area contributed by atoms with Crippen LogP contribution in [0.15, 0.2) is 23.0 Å². The number of rotatable bonds is 5. The Hall–Kier alpha value is -2.65. The van der Waals surface area contributed by atoms with Crippen molar-refractivity contribution in [2.75, 3.05) is 32.7 Å². The summed E-state index contributed by atoms with van der Waals surface area (Å²) >= 11 is 0. The Labute approximate surface area is 180 Å². The standard InChI is InChI=1S/C22H29N5O4/c1-25-19-10-15(31-16-12-26(13-16)11-14-6-8-23-9-7-14)2-3-17(19)27(22(25)30)18-4-5-20(28)24-21(18)29/h2-3,10,14,16,18,23H,4-9,11-13H2,1H3,(H,24,28,29). The number of carbonyl (C=O) groups is 2. The number of hydrogen-bond donors (Lipinski definition) is 2. The highest BCUT2D eigenvalue weighted by Crippen LogP contribution is 2.27. The van der Waals surface area contributed by atoms with Gasteiger partial charge in [0.1, 0.15) is 17.9 Å². The van der Waals surface area contributed by atoms with E-state index in [0.717, 1.165) is 49.9 Å². The summed E-state index contributed by atoms with van der Waals surface area (Å²) in [6.45, 7) is 5.24. The largest absolute Gasteiger partial charge is 0.488 e. The molecule has 3 aliphatic rings. The summed E-state index contributed by atoms with van der Waals surface area (Å²) in [6.07, 6.45) is 3.22. The van der Waals surface area contributed by atoms with E-state index in [0.29, 0.717) is 11.9 Å². The Morgan fingerprint density at radius 3 is 2.58 bits per heavy atom. The van der Waals surface area contributed by atoms with Crippen LogP contribution >= 0.6 is 0 Å². The van der Waals surface area contributed by atoms with Crippen LogP contribution in [0.4, 0.5) is 0 Å². The molecule has 3 aliphatic heterocycles. The van der Waals surface area contributed by atoms with Gasteiger partial charge in [0.15, 0.2) is 0 Å². The van der Waals surface area contributed by atoms with Crippen LogP contribution in [0, 0.1) is 5.92 Å². The quantitative estimate of drug-likeness (QED) is 0.670. The maximum absolute atomic E-state index is 12.9. The van der Waals surface area contributed by atoms with Crippen molar-refractivity contribution < 1.29 is 14.3 Å². The molecule has 3 saturated heterocycles. The predicted octanol–water partition coefficient (Wildman–Crippen LogP) is 0.380. The average Bonchev–Trinajstić information content (AvgIpc) is 2.98. The molecule has 2 N–H and O–H groups in total.